The topological polar surface area (TPSA) is 20.3 Å². The Hall–Kier alpha value is -1.31. The zero-order chi connectivity index (χ0) is 12.4. The van der Waals surface area contributed by atoms with Gasteiger partial charge in [0.1, 0.15) is 5.78 Å². The van der Waals surface area contributed by atoms with E-state index in [1.807, 2.05) is 0 Å². The van der Waals surface area contributed by atoms with Gasteiger partial charge in [0, 0.05) is 31.1 Å². The number of carbonyl (C=O) groups excluding carboxylic acids is 1. The van der Waals surface area contributed by atoms with E-state index in [1.54, 1.807) is 0 Å². The lowest BCUT2D eigenvalue weighted by molar-refractivity contribution is -0.120. The second kappa shape index (κ2) is 4.91. The monoisotopic (exact) mass is 231 g/mol. The Balaban J connectivity index is 2.21. The van der Waals surface area contributed by atoms with Crippen molar-refractivity contribution >= 4 is 11.5 Å². The van der Waals surface area contributed by atoms with Gasteiger partial charge in [0.05, 0.1) is 0 Å². The molecule has 2 rings (SSSR count). The highest BCUT2D eigenvalue weighted by atomic mass is 16.1. The molecule has 0 radical (unpaired) electrons. The van der Waals surface area contributed by atoms with Gasteiger partial charge >= 0.3 is 0 Å². The Kier molecular flexibility index (Phi) is 3.51. The largest absolute Gasteiger partial charge is 0.368 e. The van der Waals surface area contributed by atoms with Crippen molar-refractivity contribution in [3.05, 3.63) is 29.8 Å². The summed E-state index contributed by atoms with van der Waals surface area (Å²) in [6.45, 7) is 7.42. The smallest absolute Gasteiger partial charge is 0.136 e. The fourth-order valence-electron chi connectivity index (χ4n) is 2.45. The van der Waals surface area contributed by atoms with Crippen molar-refractivity contribution in [2.45, 2.75) is 45.6 Å². The van der Waals surface area contributed by atoms with Gasteiger partial charge in [0.2, 0.25) is 0 Å². The molecule has 1 atom stereocenters. The van der Waals surface area contributed by atoms with Crippen LogP contribution in [0.3, 0.4) is 0 Å². The number of nitrogens with zero attached hydrogens (tertiary/aromatic N) is 1. The van der Waals surface area contributed by atoms with Gasteiger partial charge in [-0.25, -0.2) is 0 Å². The molecule has 0 aliphatic carbocycles. The van der Waals surface area contributed by atoms with Gasteiger partial charge < -0.3 is 4.90 Å². The Bertz CT molecular complexity index is 411. The Labute approximate surface area is 104 Å². The van der Waals surface area contributed by atoms with Crippen LogP contribution < -0.4 is 4.90 Å². The number of piperidine rings is 1. The Morgan fingerprint density at radius 2 is 2.12 bits per heavy atom. The summed E-state index contributed by atoms with van der Waals surface area (Å²) >= 11 is 0. The Morgan fingerprint density at radius 3 is 2.76 bits per heavy atom. The maximum absolute atomic E-state index is 11.4. The quantitative estimate of drug-likeness (QED) is 0.777. The van der Waals surface area contributed by atoms with Gasteiger partial charge in [0.25, 0.3) is 0 Å². The molecule has 0 amide bonds. The molecule has 0 saturated carbocycles. The second-order valence-electron chi connectivity index (χ2n) is 5.28. The molecule has 92 valence electrons. The lowest BCUT2D eigenvalue weighted by atomic mass is 9.99. The van der Waals surface area contributed by atoms with Crippen LogP contribution in [0.15, 0.2) is 24.3 Å². The van der Waals surface area contributed by atoms with E-state index in [2.05, 4.69) is 49.9 Å². The minimum atomic E-state index is 0.332. The van der Waals surface area contributed by atoms with E-state index >= 15 is 0 Å². The maximum atomic E-state index is 11.4. The summed E-state index contributed by atoms with van der Waals surface area (Å²) in [6.07, 6.45) is 1.38. The van der Waals surface area contributed by atoms with Crippen LogP contribution in [0, 0.1) is 0 Å². The first-order chi connectivity index (χ1) is 8.08. The van der Waals surface area contributed by atoms with Gasteiger partial charge in [-0.1, -0.05) is 26.0 Å². The van der Waals surface area contributed by atoms with E-state index in [0.717, 1.165) is 6.54 Å². The maximum Gasteiger partial charge on any atom is 0.136 e. The van der Waals surface area contributed by atoms with Crippen LogP contribution in [0.5, 0.6) is 0 Å². The fourth-order valence-corrected chi connectivity index (χ4v) is 2.45. The van der Waals surface area contributed by atoms with Crippen LogP contribution in [0.1, 0.15) is 45.1 Å². The second-order valence-corrected chi connectivity index (χ2v) is 5.28. The molecule has 1 heterocycles. The highest BCUT2D eigenvalue weighted by Gasteiger charge is 2.23. The third-order valence-electron chi connectivity index (χ3n) is 3.56. The molecule has 0 bridgehead atoms. The normalized spacial score (nSPS) is 21.1. The van der Waals surface area contributed by atoms with Crippen molar-refractivity contribution in [1.29, 1.82) is 0 Å². The van der Waals surface area contributed by atoms with Crippen molar-refractivity contribution in [3.63, 3.8) is 0 Å². The molecule has 2 nitrogen and oxygen atoms in total. The zero-order valence-electron chi connectivity index (χ0n) is 10.9. The number of rotatable bonds is 2. The van der Waals surface area contributed by atoms with Gasteiger partial charge in [-0.3, -0.25) is 4.79 Å². The summed E-state index contributed by atoms with van der Waals surface area (Å²) in [5, 5.41) is 0. The third-order valence-corrected chi connectivity index (χ3v) is 3.56. The van der Waals surface area contributed by atoms with E-state index in [4.69, 9.17) is 0 Å². The minimum absolute atomic E-state index is 0.332. The van der Waals surface area contributed by atoms with Crippen LogP contribution in [-0.2, 0) is 4.79 Å². The van der Waals surface area contributed by atoms with Gasteiger partial charge in [-0.2, -0.15) is 0 Å². The lowest BCUT2D eigenvalue weighted by Gasteiger charge is -2.35. The first kappa shape index (κ1) is 12.2. The predicted octanol–water partition coefficient (Wildman–Crippen LogP) is 3.37. The van der Waals surface area contributed by atoms with Gasteiger partial charge in [-0.05, 0) is 30.5 Å². The number of anilines is 1. The summed E-state index contributed by atoms with van der Waals surface area (Å²) in [5.41, 5.74) is 2.63. The van der Waals surface area contributed by atoms with Crippen molar-refractivity contribution in [2.75, 3.05) is 11.4 Å². The highest BCUT2D eigenvalue weighted by molar-refractivity contribution is 5.81. The molecule has 2 heteroatoms. The number of hydrogen-bond donors (Lipinski definition) is 0. The molecule has 0 spiro atoms. The summed E-state index contributed by atoms with van der Waals surface area (Å²) < 4.78 is 0. The standard InChI is InChI=1S/C15H21NO/c1-11(2)13-5-4-6-14(10-13)16-8-7-15(17)9-12(16)3/h4-6,10-12H,7-9H2,1-3H3. The molecular weight excluding hydrogens is 210 g/mol. The summed E-state index contributed by atoms with van der Waals surface area (Å²) in [6, 6.07) is 9.04. The molecule has 1 unspecified atom stereocenters. The van der Waals surface area contributed by atoms with Crippen LogP contribution >= 0.6 is 0 Å². The van der Waals surface area contributed by atoms with Crippen LogP contribution in [0.25, 0.3) is 0 Å². The zero-order valence-corrected chi connectivity index (χ0v) is 10.9. The minimum Gasteiger partial charge on any atom is -0.368 e. The van der Waals surface area contributed by atoms with E-state index in [1.165, 1.54) is 11.3 Å². The highest BCUT2D eigenvalue weighted by Crippen LogP contribution is 2.26. The SMILES string of the molecule is CC(C)c1cccc(N2CCC(=O)CC2C)c1. The number of benzene rings is 1. The molecule has 17 heavy (non-hydrogen) atoms. The molecule has 1 aliphatic heterocycles. The molecule has 1 aromatic carbocycles. The van der Waals surface area contributed by atoms with Crippen LogP contribution in [0.2, 0.25) is 0 Å². The van der Waals surface area contributed by atoms with E-state index in [-0.39, 0.29) is 0 Å². The Morgan fingerprint density at radius 1 is 1.35 bits per heavy atom. The number of Topliss-reactive ketones (excluding diaryl/α,β-unsaturated/α-hetero) is 1. The predicted molar refractivity (Wildman–Crippen MR) is 71.6 cm³/mol. The summed E-state index contributed by atoms with van der Waals surface area (Å²) in [5.74, 6) is 0.949. The molecule has 1 aromatic rings. The van der Waals surface area contributed by atoms with Crippen molar-refractivity contribution in [1.82, 2.24) is 0 Å². The number of carbonyl (C=O) groups is 1. The fraction of sp³-hybridized carbons (Fsp3) is 0.533. The van der Waals surface area contributed by atoms with Gasteiger partial charge in [-0.15, -0.1) is 0 Å². The first-order valence-corrected chi connectivity index (χ1v) is 6.46. The molecule has 1 fully saturated rings. The molecular formula is C15H21NO. The molecule has 1 saturated heterocycles. The summed E-state index contributed by atoms with van der Waals surface area (Å²) in [4.78, 5) is 13.8. The van der Waals surface area contributed by atoms with E-state index < -0.39 is 0 Å². The van der Waals surface area contributed by atoms with Crippen molar-refractivity contribution in [3.8, 4) is 0 Å². The third kappa shape index (κ3) is 2.68. The average Bonchev–Trinajstić information content (AvgIpc) is 2.29. The lowest BCUT2D eigenvalue weighted by Crippen LogP contribution is -2.41. The van der Waals surface area contributed by atoms with Crippen LogP contribution in [-0.4, -0.2) is 18.4 Å². The molecule has 0 aromatic heterocycles. The first-order valence-electron chi connectivity index (χ1n) is 6.46. The number of hydrogen-bond acceptors (Lipinski definition) is 2. The van der Waals surface area contributed by atoms with Crippen molar-refractivity contribution < 1.29 is 4.79 Å². The molecule has 0 N–H and O–H groups in total. The molecule has 1 aliphatic rings. The average molecular weight is 231 g/mol. The summed E-state index contributed by atoms with van der Waals surface area (Å²) in [7, 11) is 0. The van der Waals surface area contributed by atoms with Crippen molar-refractivity contribution in [2.24, 2.45) is 0 Å². The van der Waals surface area contributed by atoms with Crippen LogP contribution in [0.4, 0.5) is 5.69 Å². The van der Waals surface area contributed by atoms with E-state index in [9.17, 15) is 4.79 Å². The van der Waals surface area contributed by atoms with Gasteiger partial charge in [0.15, 0.2) is 0 Å². The van der Waals surface area contributed by atoms with E-state index in [0.29, 0.717) is 30.6 Å². The number of ketones is 1.